The highest BCUT2D eigenvalue weighted by Crippen LogP contribution is 2.26. The van der Waals surface area contributed by atoms with Crippen LogP contribution in [0.15, 0.2) is 42.5 Å². The fourth-order valence-corrected chi connectivity index (χ4v) is 3.40. The molecule has 0 aliphatic rings. The largest absolute Gasteiger partial charge is 0.497 e. The zero-order valence-electron chi connectivity index (χ0n) is 17.0. The van der Waals surface area contributed by atoms with Gasteiger partial charge in [0.2, 0.25) is 11.8 Å². The van der Waals surface area contributed by atoms with E-state index in [9.17, 15) is 9.59 Å². The summed E-state index contributed by atoms with van der Waals surface area (Å²) in [5.41, 5.74) is 1.44. The van der Waals surface area contributed by atoms with Gasteiger partial charge in [-0.25, -0.2) is 0 Å². The van der Waals surface area contributed by atoms with Crippen molar-refractivity contribution in [2.24, 2.45) is 0 Å². The number of hydrogen-bond acceptors (Lipinski definition) is 3. The maximum absolute atomic E-state index is 13.2. The van der Waals surface area contributed by atoms with Crippen LogP contribution in [-0.4, -0.2) is 35.9 Å². The number of nitrogens with zero attached hydrogens (tertiary/aromatic N) is 1. The van der Waals surface area contributed by atoms with E-state index in [2.05, 4.69) is 5.32 Å². The summed E-state index contributed by atoms with van der Waals surface area (Å²) in [6.07, 6.45) is 0.00790. The lowest BCUT2D eigenvalue weighted by Gasteiger charge is -2.29. The van der Waals surface area contributed by atoms with E-state index in [1.54, 1.807) is 37.1 Å². The third-order valence-corrected chi connectivity index (χ3v) is 5.21. The van der Waals surface area contributed by atoms with Crippen LogP contribution in [0.25, 0.3) is 0 Å². The van der Waals surface area contributed by atoms with E-state index in [1.807, 2.05) is 38.1 Å². The lowest BCUT2D eigenvalue weighted by atomic mass is 10.1. The van der Waals surface area contributed by atoms with E-state index in [0.717, 1.165) is 11.3 Å². The molecule has 2 aromatic rings. The van der Waals surface area contributed by atoms with Gasteiger partial charge in [-0.2, -0.15) is 0 Å². The minimum Gasteiger partial charge on any atom is -0.497 e. The number of hydrogen-bond donors (Lipinski definition) is 1. The van der Waals surface area contributed by atoms with Crippen molar-refractivity contribution in [2.45, 2.75) is 45.8 Å². The predicted octanol–water partition coefficient (Wildman–Crippen LogP) is 4.49. The Bertz CT molecular complexity index is 833. The van der Waals surface area contributed by atoms with Crippen molar-refractivity contribution in [3.05, 3.63) is 63.6 Å². The minimum absolute atomic E-state index is 0.00790. The lowest BCUT2D eigenvalue weighted by Crippen LogP contribution is -2.49. The molecule has 5 nitrogen and oxygen atoms in total. The summed E-state index contributed by atoms with van der Waals surface area (Å²) in [6.45, 7) is 5.75. The summed E-state index contributed by atoms with van der Waals surface area (Å²) >= 11 is 12.5. The first kappa shape index (κ1) is 23.0. The van der Waals surface area contributed by atoms with Gasteiger partial charge in [-0.3, -0.25) is 9.59 Å². The fraction of sp³-hybridized carbons (Fsp3) is 0.364. The van der Waals surface area contributed by atoms with Gasteiger partial charge in [0.1, 0.15) is 11.8 Å². The Kier molecular flexibility index (Phi) is 8.35. The van der Waals surface area contributed by atoms with Crippen molar-refractivity contribution in [3.8, 4) is 5.75 Å². The first-order chi connectivity index (χ1) is 13.7. The molecule has 2 amide bonds. The molecule has 0 aromatic heterocycles. The summed E-state index contributed by atoms with van der Waals surface area (Å²) in [6, 6.07) is 11.8. The van der Waals surface area contributed by atoms with Crippen LogP contribution in [0.4, 0.5) is 0 Å². The third-order valence-electron chi connectivity index (χ3n) is 4.50. The summed E-state index contributed by atoms with van der Waals surface area (Å²) < 4.78 is 5.18. The number of benzene rings is 2. The van der Waals surface area contributed by atoms with Gasteiger partial charge < -0.3 is 15.0 Å². The summed E-state index contributed by atoms with van der Waals surface area (Å²) in [7, 11) is 1.59. The van der Waals surface area contributed by atoms with E-state index in [-0.39, 0.29) is 30.8 Å². The third kappa shape index (κ3) is 6.38. The average molecular weight is 437 g/mol. The number of rotatable bonds is 8. The van der Waals surface area contributed by atoms with Crippen LogP contribution in [0.5, 0.6) is 5.75 Å². The molecular formula is C22H26Cl2N2O3. The van der Waals surface area contributed by atoms with Crippen LogP contribution < -0.4 is 10.1 Å². The Morgan fingerprint density at radius 1 is 1.03 bits per heavy atom. The highest BCUT2D eigenvalue weighted by atomic mass is 35.5. The summed E-state index contributed by atoms with van der Waals surface area (Å²) in [5, 5.41) is 3.71. The molecule has 0 bridgehead atoms. The molecule has 0 unspecified atom stereocenters. The topological polar surface area (TPSA) is 58.6 Å². The molecule has 156 valence electrons. The number of ether oxygens (including phenoxy) is 1. The van der Waals surface area contributed by atoms with E-state index in [0.29, 0.717) is 15.6 Å². The van der Waals surface area contributed by atoms with Crippen molar-refractivity contribution in [3.63, 3.8) is 0 Å². The molecule has 0 radical (unpaired) electrons. The number of carbonyl (C=O) groups is 2. The van der Waals surface area contributed by atoms with Gasteiger partial charge in [-0.1, -0.05) is 41.4 Å². The molecule has 29 heavy (non-hydrogen) atoms. The van der Waals surface area contributed by atoms with Crippen molar-refractivity contribution < 1.29 is 14.3 Å². The van der Waals surface area contributed by atoms with Crippen LogP contribution in [0.2, 0.25) is 10.0 Å². The van der Waals surface area contributed by atoms with Gasteiger partial charge in [0.25, 0.3) is 0 Å². The van der Waals surface area contributed by atoms with E-state index < -0.39 is 6.04 Å². The van der Waals surface area contributed by atoms with Gasteiger partial charge in [0.15, 0.2) is 0 Å². The molecule has 0 spiro atoms. The minimum atomic E-state index is -0.659. The zero-order valence-corrected chi connectivity index (χ0v) is 18.6. The molecule has 0 heterocycles. The maximum Gasteiger partial charge on any atom is 0.242 e. The number of amides is 2. The van der Waals surface area contributed by atoms with E-state index in [4.69, 9.17) is 27.9 Å². The second-order valence-corrected chi connectivity index (χ2v) is 7.90. The van der Waals surface area contributed by atoms with Gasteiger partial charge >= 0.3 is 0 Å². The van der Waals surface area contributed by atoms with Crippen LogP contribution in [-0.2, 0) is 22.6 Å². The molecule has 0 aliphatic heterocycles. The van der Waals surface area contributed by atoms with Crippen LogP contribution in [0, 0.1) is 0 Å². The number of methoxy groups -OCH3 is 1. The molecular weight excluding hydrogens is 411 g/mol. The van der Waals surface area contributed by atoms with Crippen LogP contribution in [0.1, 0.15) is 31.9 Å². The zero-order chi connectivity index (χ0) is 21.6. The molecule has 1 N–H and O–H groups in total. The monoisotopic (exact) mass is 436 g/mol. The lowest BCUT2D eigenvalue weighted by molar-refractivity contribution is -0.140. The maximum atomic E-state index is 13.2. The standard InChI is InChI=1S/C22H26Cl2N2O3/c1-14(2)25-22(28)15(3)26(13-16-8-10-17(29-4)11-9-16)21(27)12-18-19(23)6-5-7-20(18)24/h5-11,14-15H,12-13H2,1-4H3,(H,25,28)/t15-/m0/s1. The van der Waals surface area contributed by atoms with Crippen molar-refractivity contribution in [2.75, 3.05) is 7.11 Å². The predicted molar refractivity (Wildman–Crippen MR) is 116 cm³/mol. The second-order valence-electron chi connectivity index (χ2n) is 7.09. The Hall–Kier alpha value is -2.24. The summed E-state index contributed by atoms with van der Waals surface area (Å²) in [4.78, 5) is 27.3. The van der Waals surface area contributed by atoms with Crippen molar-refractivity contribution >= 4 is 35.0 Å². The average Bonchev–Trinajstić information content (AvgIpc) is 2.68. The smallest absolute Gasteiger partial charge is 0.242 e. The van der Waals surface area contributed by atoms with E-state index >= 15 is 0 Å². The Balaban J connectivity index is 2.29. The molecule has 2 rings (SSSR count). The fourth-order valence-electron chi connectivity index (χ4n) is 2.87. The van der Waals surface area contributed by atoms with Gasteiger partial charge in [-0.15, -0.1) is 0 Å². The van der Waals surface area contributed by atoms with E-state index in [1.165, 1.54) is 0 Å². The Labute approximate surface area is 181 Å². The SMILES string of the molecule is COc1ccc(CN(C(=O)Cc2c(Cl)cccc2Cl)[C@@H](C)C(=O)NC(C)C)cc1. The number of nitrogens with one attached hydrogen (secondary N) is 1. The Morgan fingerprint density at radius 2 is 1.62 bits per heavy atom. The Morgan fingerprint density at radius 3 is 2.14 bits per heavy atom. The van der Waals surface area contributed by atoms with Gasteiger partial charge in [0, 0.05) is 22.6 Å². The molecule has 7 heteroatoms. The molecule has 0 saturated carbocycles. The molecule has 2 aromatic carbocycles. The first-order valence-electron chi connectivity index (χ1n) is 9.38. The quantitative estimate of drug-likeness (QED) is 0.662. The van der Waals surface area contributed by atoms with Crippen molar-refractivity contribution in [1.82, 2.24) is 10.2 Å². The second kappa shape index (κ2) is 10.5. The highest BCUT2D eigenvalue weighted by Gasteiger charge is 2.27. The van der Waals surface area contributed by atoms with Gasteiger partial charge in [0.05, 0.1) is 13.5 Å². The normalized spacial score (nSPS) is 11.8. The van der Waals surface area contributed by atoms with Gasteiger partial charge in [-0.05, 0) is 56.2 Å². The number of carbonyl (C=O) groups excluding carboxylic acids is 2. The van der Waals surface area contributed by atoms with Crippen LogP contribution in [0.3, 0.4) is 0 Å². The molecule has 0 aliphatic carbocycles. The summed E-state index contributed by atoms with van der Waals surface area (Å²) in [5.74, 6) is 0.273. The molecule has 0 saturated heterocycles. The van der Waals surface area contributed by atoms with Crippen LogP contribution >= 0.6 is 23.2 Å². The first-order valence-corrected chi connectivity index (χ1v) is 10.1. The molecule has 0 fully saturated rings. The number of halogens is 2. The highest BCUT2D eigenvalue weighted by molar-refractivity contribution is 6.36. The molecule has 1 atom stereocenters. The van der Waals surface area contributed by atoms with Crippen molar-refractivity contribution in [1.29, 1.82) is 0 Å².